The van der Waals surface area contributed by atoms with E-state index in [1.807, 2.05) is 37.4 Å². The molecule has 7 nitrogen and oxygen atoms in total. The maximum absolute atomic E-state index is 12.5. The molecule has 1 unspecified atom stereocenters. The summed E-state index contributed by atoms with van der Waals surface area (Å²) in [5, 5.41) is 2.85. The lowest BCUT2D eigenvalue weighted by atomic mass is 9.96. The summed E-state index contributed by atoms with van der Waals surface area (Å²) in [6.45, 7) is 9.67. The van der Waals surface area contributed by atoms with Crippen molar-refractivity contribution in [3.63, 3.8) is 0 Å². The number of nitrogens with one attached hydrogen (secondary N) is 1. The van der Waals surface area contributed by atoms with E-state index in [1.54, 1.807) is 31.5 Å². The van der Waals surface area contributed by atoms with Crippen LogP contribution in [-0.2, 0) is 16.1 Å². The fraction of sp³-hybridized carbons (Fsp3) is 0.240. The van der Waals surface area contributed by atoms with Gasteiger partial charge in [0.05, 0.1) is 0 Å². The number of allylic oxidation sites excluding steroid dienone is 2. The van der Waals surface area contributed by atoms with Gasteiger partial charge >= 0.3 is 0 Å². The van der Waals surface area contributed by atoms with Crippen molar-refractivity contribution < 1.29 is 14.4 Å². The van der Waals surface area contributed by atoms with Crippen molar-refractivity contribution in [2.24, 2.45) is 16.8 Å². The first kappa shape index (κ1) is 23.0. The Morgan fingerprint density at radius 1 is 1.34 bits per heavy atom. The quantitative estimate of drug-likeness (QED) is 0.350. The number of nitrogens with zero attached hydrogens (tertiary/aromatic N) is 2. The number of nitrogens with two attached hydrogens (primary N) is 1. The van der Waals surface area contributed by atoms with Gasteiger partial charge in [0, 0.05) is 35.8 Å². The summed E-state index contributed by atoms with van der Waals surface area (Å²) in [7, 11) is 0. The number of pyridine rings is 1. The van der Waals surface area contributed by atoms with Gasteiger partial charge in [-0.1, -0.05) is 26.5 Å². The smallest absolute Gasteiger partial charge is 0.254 e. The van der Waals surface area contributed by atoms with Gasteiger partial charge in [-0.25, -0.2) is 4.98 Å². The average Bonchev–Trinajstić information content (AvgIpc) is 2.79. The summed E-state index contributed by atoms with van der Waals surface area (Å²) >= 11 is 0. The molecule has 0 aliphatic carbocycles. The summed E-state index contributed by atoms with van der Waals surface area (Å²) in [6, 6.07) is 9.57. The number of carbonyl (C=O) groups is 1. The zero-order chi connectivity index (χ0) is 23.1. The van der Waals surface area contributed by atoms with E-state index in [9.17, 15) is 4.79 Å². The zero-order valence-corrected chi connectivity index (χ0v) is 18.6. The molecule has 1 amide bonds. The van der Waals surface area contributed by atoms with Crippen LogP contribution in [0.4, 0.5) is 5.82 Å². The van der Waals surface area contributed by atoms with Gasteiger partial charge in [-0.2, -0.15) is 5.90 Å². The minimum atomic E-state index is -0.178. The van der Waals surface area contributed by atoms with Crippen molar-refractivity contribution in [1.82, 2.24) is 4.98 Å². The normalized spacial score (nSPS) is 15.7. The van der Waals surface area contributed by atoms with Gasteiger partial charge < -0.3 is 14.9 Å². The lowest BCUT2D eigenvalue weighted by Crippen LogP contribution is -2.21. The molecule has 0 bridgehead atoms. The lowest BCUT2D eigenvalue weighted by molar-refractivity contribution is -0.113. The number of hydrogen-bond donors (Lipinski definition) is 2. The van der Waals surface area contributed by atoms with E-state index in [0.29, 0.717) is 28.7 Å². The van der Waals surface area contributed by atoms with Gasteiger partial charge in [0.25, 0.3) is 5.91 Å². The number of anilines is 1. The maximum atomic E-state index is 12.5. The minimum Gasteiger partial charge on any atom is -0.458 e. The Morgan fingerprint density at radius 2 is 2.16 bits per heavy atom. The van der Waals surface area contributed by atoms with Crippen LogP contribution in [-0.4, -0.2) is 17.1 Å². The molecule has 1 aliphatic heterocycles. The Morgan fingerprint density at radius 3 is 2.81 bits per heavy atom. The van der Waals surface area contributed by atoms with Gasteiger partial charge in [0.15, 0.2) is 0 Å². The maximum Gasteiger partial charge on any atom is 0.254 e. The van der Waals surface area contributed by atoms with Crippen molar-refractivity contribution in [1.29, 1.82) is 0 Å². The number of aliphatic imine (C=N–C) groups is 1. The molecule has 1 aromatic carbocycles. The second-order valence-electron chi connectivity index (χ2n) is 7.55. The van der Waals surface area contributed by atoms with Crippen molar-refractivity contribution in [2.75, 3.05) is 5.32 Å². The van der Waals surface area contributed by atoms with Crippen LogP contribution < -0.4 is 16.0 Å². The molecule has 0 saturated carbocycles. The third-order valence-electron chi connectivity index (χ3n) is 5.15. The molecule has 0 radical (unpaired) electrons. The van der Waals surface area contributed by atoms with Crippen LogP contribution >= 0.6 is 0 Å². The molecule has 2 aromatic rings. The van der Waals surface area contributed by atoms with Gasteiger partial charge in [0.1, 0.15) is 23.1 Å². The second kappa shape index (κ2) is 10.5. The molecule has 1 aromatic heterocycles. The van der Waals surface area contributed by atoms with Gasteiger partial charge in [-0.05, 0) is 61.1 Å². The lowest BCUT2D eigenvalue weighted by Gasteiger charge is -2.16. The number of rotatable bonds is 8. The van der Waals surface area contributed by atoms with Gasteiger partial charge in [0.2, 0.25) is 0 Å². The summed E-state index contributed by atoms with van der Waals surface area (Å²) in [5.74, 6) is 7.12. The largest absolute Gasteiger partial charge is 0.458 e. The first-order chi connectivity index (χ1) is 15.4. The molecular weight excluding hydrogens is 404 g/mol. The highest BCUT2D eigenvalue weighted by molar-refractivity contribution is 6.04. The van der Waals surface area contributed by atoms with E-state index >= 15 is 0 Å². The topological polar surface area (TPSA) is 98.8 Å². The minimum absolute atomic E-state index is 0.131. The number of benzene rings is 1. The Hall–Kier alpha value is -3.71. The van der Waals surface area contributed by atoms with E-state index < -0.39 is 0 Å². The standard InChI is InChI=1S/C25H28N4O3/c1-5-19-6-8-21(31-17(3)12-18(4)32-26)13-22(19)20-7-9-24(28-14-20)29-25(30)23-15-27-11-10-16(23)2/h6-9,11-16H,3,5,10,26H2,1-2,4H3,(H,28,29,30)/b18-12-. The molecule has 3 rings (SSSR count). The van der Waals surface area contributed by atoms with E-state index in [-0.39, 0.29) is 11.8 Å². The molecule has 0 spiro atoms. The molecular formula is C25H28N4O3. The molecule has 2 heterocycles. The number of hydrogen-bond acceptors (Lipinski definition) is 6. The SMILES string of the molecule is C=C(/C=C(/C)ON)Oc1ccc(CC)c(-c2ccc(NC(=O)C3=CN=CCC3C)nc2)c1. The third kappa shape index (κ3) is 5.70. The Kier molecular flexibility index (Phi) is 7.57. The summed E-state index contributed by atoms with van der Waals surface area (Å²) in [4.78, 5) is 25.7. The predicted octanol–water partition coefficient (Wildman–Crippen LogP) is 4.93. The predicted molar refractivity (Wildman–Crippen MR) is 127 cm³/mol. The summed E-state index contributed by atoms with van der Waals surface area (Å²) < 4.78 is 5.80. The van der Waals surface area contributed by atoms with Crippen LogP contribution in [0.25, 0.3) is 11.1 Å². The van der Waals surface area contributed by atoms with Crippen LogP contribution in [0, 0.1) is 5.92 Å². The molecule has 1 aliphatic rings. The van der Waals surface area contributed by atoms with E-state index in [1.165, 1.54) is 0 Å². The number of amides is 1. The van der Waals surface area contributed by atoms with Gasteiger partial charge in [-0.15, -0.1) is 0 Å². The fourth-order valence-electron chi connectivity index (χ4n) is 3.34. The Bertz CT molecular complexity index is 1080. The van der Waals surface area contributed by atoms with Crippen LogP contribution in [0.1, 0.15) is 32.8 Å². The zero-order valence-electron chi connectivity index (χ0n) is 18.6. The van der Waals surface area contributed by atoms with E-state index in [0.717, 1.165) is 29.5 Å². The molecule has 3 N–H and O–H groups in total. The van der Waals surface area contributed by atoms with Crippen LogP contribution in [0.2, 0.25) is 0 Å². The number of carbonyl (C=O) groups excluding carboxylic acids is 1. The van der Waals surface area contributed by atoms with E-state index in [2.05, 4.69) is 33.6 Å². The van der Waals surface area contributed by atoms with Crippen molar-refractivity contribution in [3.05, 3.63) is 78.0 Å². The average molecular weight is 433 g/mol. The Labute approximate surface area is 188 Å². The van der Waals surface area contributed by atoms with E-state index in [4.69, 9.17) is 10.6 Å². The highest BCUT2D eigenvalue weighted by Crippen LogP contribution is 2.30. The summed E-state index contributed by atoms with van der Waals surface area (Å²) in [5.41, 5.74) is 3.72. The van der Waals surface area contributed by atoms with Crippen molar-refractivity contribution >= 4 is 17.9 Å². The number of ether oxygens (including phenoxy) is 1. The van der Waals surface area contributed by atoms with Crippen LogP contribution in [0.15, 0.2) is 77.5 Å². The third-order valence-corrected chi connectivity index (χ3v) is 5.15. The Balaban J connectivity index is 1.78. The second-order valence-corrected chi connectivity index (χ2v) is 7.55. The first-order valence-corrected chi connectivity index (χ1v) is 10.5. The molecule has 0 saturated heterocycles. The van der Waals surface area contributed by atoms with Gasteiger partial charge in [-0.3, -0.25) is 9.79 Å². The fourth-order valence-corrected chi connectivity index (χ4v) is 3.34. The molecule has 1 atom stereocenters. The van der Waals surface area contributed by atoms with Crippen molar-refractivity contribution in [3.8, 4) is 16.9 Å². The summed E-state index contributed by atoms with van der Waals surface area (Å²) in [6.07, 6.45) is 8.39. The molecule has 166 valence electrons. The van der Waals surface area contributed by atoms with Crippen LogP contribution in [0.3, 0.4) is 0 Å². The number of aromatic nitrogens is 1. The highest BCUT2D eigenvalue weighted by atomic mass is 16.6. The molecule has 0 fully saturated rings. The highest BCUT2D eigenvalue weighted by Gasteiger charge is 2.19. The molecule has 32 heavy (non-hydrogen) atoms. The van der Waals surface area contributed by atoms with Crippen molar-refractivity contribution in [2.45, 2.75) is 33.6 Å². The molecule has 7 heteroatoms. The monoisotopic (exact) mass is 432 g/mol. The number of aryl methyl sites for hydroxylation is 1. The van der Waals surface area contributed by atoms with Crippen LogP contribution in [0.5, 0.6) is 5.75 Å². The first-order valence-electron chi connectivity index (χ1n) is 10.5.